The lowest BCUT2D eigenvalue weighted by molar-refractivity contribution is -0.142. The molecular formula is C32H40ClN3O4S. The van der Waals surface area contributed by atoms with Crippen LogP contribution in [0.3, 0.4) is 0 Å². The highest BCUT2D eigenvalue weighted by atomic mass is 35.5. The summed E-state index contributed by atoms with van der Waals surface area (Å²) in [5.74, 6) is -0.498. The summed E-state index contributed by atoms with van der Waals surface area (Å²) >= 11 is 6.25. The molecule has 0 unspecified atom stereocenters. The third-order valence-corrected chi connectivity index (χ3v) is 7.96. The second kappa shape index (κ2) is 14.0. The standard InChI is InChI=1S/C32H40ClN3O4S/c1-24-13-9-10-18-28(24)36(41(5,39)40)20-12-19-30(37)35(23-26-16-11-17-27(33)21-26)29(31(38)34-32(2,3)4)22-25-14-7-6-8-15-25/h6-11,13-18,21,29H,12,19-20,22-23H2,1-5H3,(H,34,38)/t29-/m1/s1. The van der Waals surface area contributed by atoms with Gasteiger partial charge in [-0.1, -0.05) is 72.3 Å². The number of aryl methyl sites for hydroxylation is 1. The van der Waals surface area contributed by atoms with Gasteiger partial charge in [-0.3, -0.25) is 13.9 Å². The molecule has 0 saturated heterocycles. The Morgan fingerprint density at radius 3 is 2.17 bits per heavy atom. The molecule has 0 aliphatic carbocycles. The molecule has 0 aromatic heterocycles. The molecular weight excluding hydrogens is 558 g/mol. The number of para-hydroxylation sites is 1. The first-order valence-corrected chi connectivity index (χ1v) is 15.9. The minimum absolute atomic E-state index is 0.0621. The number of sulfonamides is 1. The van der Waals surface area contributed by atoms with Gasteiger partial charge in [0.25, 0.3) is 0 Å². The van der Waals surface area contributed by atoms with Gasteiger partial charge >= 0.3 is 0 Å². The third kappa shape index (κ3) is 9.90. The van der Waals surface area contributed by atoms with E-state index in [1.165, 1.54) is 10.6 Å². The number of nitrogens with one attached hydrogen (secondary N) is 1. The first-order chi connectivity index (χ1) is 19.2. The van der Waals surface area contributed by atoms with Gasteiger partial charge in [-0.05, 0) is 69.0 Å². The number of anilines is 1. The van der Waals surface area contributed by atoms with Crippen molar-refractivity contribution >= 4 is 39.1 Å². The summed E-state index contributed by atoms with van der Waals surface area (Å²) in [5, 5.41) is 3.59. The number of carbonyl (C=O) groups excluding carboxylic acids is 2. The predicted molar refractivity (Wildman–Crippen MR) is 166 cm³/mol. The van der Waals surface area contributed by atoms with Crippen LogP contribution in [0.2, 0.25) is 5.02 Å². The van der Waals surface area contributed by atoms with Crippen LogP contribution in [0.15, 0.2) is 78.9 Å². The third-order valence-electron chi connectivity index (χ3n) is 6.55. The summed E-state index contributed by atoms with van der Waals surface area (Å²) in [6, 6.07) is 23.3. The van der Waals surface area contributed by atoms with Crippen LogP contribution in [0.5, 0.6) is 0 Å². The maximum Gasteiger partial charge on any atom is 0.243 e. The van der Waals surface area contributed by atoms with Crippen molar-refractivity contribution in [3.63, 3.8) is 0 Å². The van der Waals surface area contributed by atoms with Gasteiger partial charge in [0.2, 0.25) is 21.8 Å². The van der Waals surface area contributed by atoms with E-state index in [4.69, 9.17) is 11.6 Å². The highest BCUT2D eigenvalue weighted by Gasteiger charge is 2.32. The molecule has 220 valence electrons. The molecule has 1 atom stereocenters. The number of amides is 2. The smallest absolute Gasteiger partial charge is 0.243 e. The van der Waals surface area contributed by atoms with Gasteiger partial charge in [0.15, 0.2) is 0 Å². The highest BCUT2D eigenvalue weighted by Crippen LogP contribution is 2.24. The molecule has 9 heteroatoms. The van der Waals surface area contributed by atoms with E-state index in [-0.39, 0.29) is 37.7 Å². The molecule has 0 aliphatic rings. The Morgan fingerprint density at radius 2 is 1.56 bits per heavy atom. The van der Waals surface area contributed by atoms with Crippen molar-refractivity contribution in [2.24, 2.45) is 0 Å². The van der Waals surface area contributed by atoms with Crippen LogP contribution >= 0.6 is 11.6 Å². The molecule has 0 aliphatic heterocycles. The highest BCUT2D eigenvalue weighted by molar-refractivity contribution is 7.92. The molecule has 3 aromatic carbocycles. The van der Waals surface area contributed by atoms with Gasteiger partial charge in [0.1, 0.15) is 6.04 Å². The summed E-state index contributed by atoms with van der Waals surface area (Å²) < 4.78 is 26.7. The lowest BCUT2D eigenvalue weighted by Crippen LogP contribution is -2.54. The molecule has 41 heavy (non-hydrogen) atoms. The number of hydrogen-bond donors (Lipinski definition) is 1. The van der Waals surface area contributed by atoms with Crippen LogP contribution in [-0.4, -0.2) is 49.5 Å². The fourth-order valence-electron chi connectivity index (χ4n) is 4.66. The van der Waals surface area contributed by atoms with E-state index in [0.717, 1.165) is 16.7 Å². The number of nitrogens with zero attached hydrogens (tertiary/aromatic N) is 2. The van der Waals surface area contributed by atoms with E-state index < -0.39 is 21.6 Å². The molecule has 0 heterocycles. The Morgan fingerprint density at radius 1 is 0.927 bits per heavy atom. The van der Waals surface area contributed by atoms with E-state index in [0.29, 0.717) is 17.1 Å². The van der Waals surface area contributed by atoms with Crippen molar-refractivity contribution in [2.75, 3.05) is 17.1 Å². The summed E-state index contributed by atoms with van der Waals surface area (Å²) in [6.07, 6.45) is 1.84. The molecule has 1 N–H and O–H groups in total. The molecule has 7 nitrogen and oxygen atoms in total. The van der Waals surface area contributed by atoms with Crippen LogP contribution < -0.4 is 9.62 Å². The molecule has 3 aromatic rings. The van der Waals surface area contributed by atoms with Gasteiger partial charge in [-0.15, -0.1) is 0 Å². The fourth-order valence-corrected chi connectivity index (χ4v) is 5.90. The van der Waals surface area contributed by atoms with E-state index >= 15 is 0 Å². The van der Waals surface area contributed by atoms with Crippen LogP contribution in [0, 0.1) is 6.92 Å². The Balaban J connectivity index is 1.91. The number of halogens is 1. The van der Waals surface area contributed by atoms with Crippen molar-refractivity contribution < 1.29 is 18.0 Å². The normalized spacial score (nSPS) is 12.4. The van der Waals surface area contributed by atoms with E-state index in [9.17, 15) is 18.0 Å². The average Bonchev–Trinajstić information content (AvgIpc) is 2.88. The van der Waals surface area contributed by atoms with E-state index in [1.54, 1.807) is 29.2 Å². The summed E-state index contributed by atoms with van der Waals surface area (Å²) in [5.41, 5.74) is 2.64. The lowest BCUT2D eigenvalue weighted by atomic mass is 10.00. The van der Waals surface area contributed by atoms with Gasteiger partial charge < -0.3 is 10.2 Å². The molecule has 0 fully saturated rings. The first kappa shape index (κ1) is 32.2. The van der Waals surface area contributed by atoms with Gasteiger partial charge in [0, 0.05) is 36.5 Å². The van der Waals surface area contributed by atoms with Gasteiger partial charge in [0.05, 0.1) is 11.9 Å². The summed E-state index contributed by atoms with van der Waals surface area (Å²) in [6.45, 7) is 7.88. The largest absolute Gasteiger partial charge is 0.350 e. The molecule has 2 amide bonds. The van der Waals surface area contributed by atoms with Gasteiger partial charge in [-0.2, -0.15) is 0 Å². The Kier molecular flexibility index (Phi) is 11.0. The minimum atomic E-state index is -3.57. The minimum Gasteiger partial charge on any atom is -0.350 e. The van der Waals surface area contributed by atoms with Crippen molar-refractivity contribution in [3.05, 3.63) is 101 Å². The first-order valence-electron chi connectivity index (χ1n) is 13.7. The Bertz CT molecular complexity index is 1440. The lowest BCUT2D eigenvalue weighted by Gasteiger charge is -2.34. The quantitative estimate of drug-likeness (QED) is 0.288. The van der Waals surface area contributed by atoms with Crippen molar-refractivity contribution in [1.29, 1.82) is 0 Å². The van der Waals surface area contributed by atoms with Crippen molar-refractivity contribution in [2.45, 2.75) is 65.1 Å². The van der Waals surface area contributed by atoms with Crippen LogP contribution in [0.25, 0.3) is 0 Å². The predicted octanol–water partition coefficient (Wildman–Crippen LogP) is 5.75. The van der Waals surface area contributed by atoms with E-state index in [1.807, 2.05) is 82.3 Å². The van der Waals surface area contributed by atoms with Crippen LogP contribution in [0.1, 0.15) is 50.3 Å². The summed E-state index contributed by atoms with van der Waals surface area (Å²) in [4.78, 5) is 29.2. The second-order valence-electron chi connectivity index (χ2n) is 11.3. The number of hydrogen-bond acceptors (Lipinski definition) is 4. The fraction of sp³-hybridized carbons (Fsp3) is 0.375. The maximum absolute atomic E-state index is 13.9. The number of benzene rings is 3. The Labute approximate surface area is 249 Å². The van der Waals surface area contributed by atoms with Crippen LogP contribution in [-0.2, 0) is 32.6 Å². The maximum atomic E-state index is 13.9. The zero-order valence-corrected chi connectivity index (χ0v) is 26.0. The van der Waals surface area contributed by atoms with Crippen LogP contribution in [0.4, 0.5) is 5.69 Å². The van der Waals surface area contributed by atoms with Crippen molar-refractivity contribution in [3.8, 4) is 0 Å². The number of rotatable bonds is 12. The molecule has 0 spiro atoms. The average molecular weight is 598 g/mol. The molecule has 0 saturated carbocycles. The van der Waals surface area contributed by atoms with E-state index in [2.05, 4.69) is 5.32 Å². The zero-order chi connectivity index (χ0) is 30.2. The zero-order valence-electron chi connectivity index (χ0n) is 24.4. The summed E-state index contributed by atoms with van der Waals surface area (Å²) in [7, 11) is -3.57. The molecule has 3 rings (SSSR count). The van der Waals surface area contributed by atoms with Gasteiger partial charge in [-0.25, -0.2) is 8.42 Å². The van der Waals surface area contributed by atoms with Crippen molar-refractivity contribution in [1.82, 2.24) is 10.2 Å². The molecule has 0 bridgehead atoms. The monoisotopic (exact) mass is 597 g/mol. The molecule has 0 radical (unpaired) electrons. The second-order valence-corrected chi connectivity index (χ2v) is 13.7. The Hall–Kier alpha value is -3.36. The topological polar surface area (TPSA) is 86.8 Å². The number of carbonyl (C=O) groups is 2. The SMILES string of the molecule is Cc1ccccc1N(CCCC(=O)N(Cc1cccc(Cl)c1)[C@H](Cc1ccccc1)C(=O)NC(C)(C)C)S(C)(=O)=O.